The van der Waals surface area contributed by atoms with E-state index in [0.717, 1.165) is 24.1 Å². The normalized spacial score (nSPS) is 17.7. The molecule has 1 amide bonds. The summed E-state index contributed by atoms with van der Waals surface area (Å²) in [5, 5.41) is 0. The van der Waals surface area contributed by atoms with Gasteiger partial charge in [0.15, 0.2) is 4.80 Å². The van der Waals surface area contributed by atoms with Crippen LogP contribution in [-0.4, -0.2) is 36.2 Å². The molecule has 202 valence electrons. The van der Waals surface area contributed by atoms with E-state index in [-0.39, 0.29) is 23.1 Å². The lowest BCUT2D eigenvalue weighted by molar-refractivity contribution is -0.143. The Labute approximate surface area is 230 Å². The van der Waals surface area contributed by atoms with Gasteiger partial charge in [0, 0.05) is 12.1 Å². The number of thiazole rings is 1. The van der Waals surface area contributed by atoms with Crippen LogP contribution in [0.1, 0.15) is 57.7 Å². The van der Waals surface area contributed by atoms with E-state index in [2.05, 4.69) is 11.9 Å². The van der Waals surface area contributed by atoms with Crippen LogP contribution in [0, 0.1) is 0 Å². The zero-order valence-corrected chi connectivity index (χ0v) is 23.5. The number of nitrogens with zero attached hydrogens (tertiary/aromatic N) is 3. The van der Waals surface area contributed by atoms with Crippen molar-refractivity contribution in [2.75, 3.05) is 18.6 Å². The number of ether oxygens (including phenoxy) is 2. The molecular weight excluding hydrogens is 514 g/mol. The maximum Gasteiger partial charge on any atom is 0.338 e. The Bertz CT molecular complexity index is 1680. The van der Waals surface area contributed by atoms with Gasteiger partial charge in [-0.2, -0.15) is 0 Å². The third-order valence-electron chi connectivity index (χ3n) is 6.85. The molecular formula is C30H31N3O5S. The number of benzene rings is 2. The van der Waals surface area contributed by atoms with Crippen molar-refractivity contribution in [2.24, 2.45) is 4.99 Å². The number of anilines is 1. The summed E-state index contributed by atoms with van der Waals surface area (Å²) in [6, 6.07) is 14.0. The van der Waals surface area contributed by atoms with Crippen molar-refractivity contribution in [3.05, 3.63) is 90.6 Å². The smallest absolute Gasteiger partial charge is 0.338 e. The molecule has 0 saturated carbocycles. The van der Waals surface area contributed by atoms with Crippen molar-refractivity contribution in [3.63, 3.8) is 0 Å². The number of carbonyl (C=O) groups is 2. The molecule has 1 aromatic heterocycles. The van der Waals surface area contributed by atoms with Gasteiger partial charge in [-0.15, -0.1) is 0 Å². The van der Waals surface area contributed by atoms with E-state index in [1.807, 2.05) is 36.4 Å². The first-order valence-electron chi connectivity index (χ1n) is 13.1. The van der Waals surface area contributed by atoms with Crippen LogP contribution >= 0.6 is 11.3 Å². The molecule has 0 bridgehead atoms. The van der Waals surface area contributed by atoms with Gasteiger partial charge in [0.25, 0.3) is 11.5 Å². The maximum absolute atomic E-state index is 14.2. The predicted molar refractivity (Wildman–Crippen MR) is 151 cm³/mol. The standard InChI is InChI=1S/C30H31N3O5S/c1-6-7-15-32-22-14-9-8-13-21(22)24(27(32)34)26-28(35)33-25(19-11-10-12-20(16-19)37-5)23(29(36)38-17(2)3)18(4)31-30(33)39-26/h8-14,16-17,25H,6-7,15H2,1-5H3/b26-24-/t25-/m1/s1. The zero-order chi connectivity index (χ0) is 27.8. The quantitative estimate of drug-likeness (QED) is 0.422. The van der Waals surface area contributed by atoms with E-state index in [1.165, 1.54) is 15.9 Å². The van der Waals surface area contributed by atoms with Crippen LogP contribution in [0.5, 0.6) is 5.75 Å². The van der Waals surface area contributed by atoms with Crippen LogP contribution in [0.2, 0.25) is 0 Å². The first kappa shape index (κ1) is 26.6. The SMILES string of the molecule is CCCCN1C(=O)/C(=c2\sc3n(c2=O)[C@H](c2cccc(OC)c2)C(C(=O)OC(C)C)=C(C)N=3)c2ccccc21. The highest BCUT2D eigenvalue weighted by Gasteiger charge is 2.37. The van der Waals surface area contributed by atoms with Crippen LogP contribution in [-0.2, 0) is 14.3 Å². The van der Waals surface area contributed by atoms with E-state index < -0.39 is 12.0 Å². The van der Waals surface area contributed by atoms with Crippen LogP contribution in [0.3, 0.4) is 0 Å². The fourth-order valence-electron chi connectivity index (χ4n) is 5.08. The molecule has 0 N–H and O–H groups in total. The second-order valence-corrected chi connectivity index (χ2v) is 10.8. The van der Waals surface area contributed by atoms with E-state index >= 15 is 0 Å². The highest BCUT2D eigenvalue weighted by Crippen LogP contribution is 2.36. The first-order chi connectivity index (χ1) is 18.8. The molecule has 0 unspecified atom stereocenters. The zero-order valence-electron chi connectivity index (χ0n) is 22.7. The van der Waals surface area contributed by atoms with E-state index in [1.54, 1.807) is 44.9 Å². The van der Waals surface area contributed by atoms with Gasteiger partial charge in [0.2, 0.25) is 0 Å². The number of rotatable bonds is 7. The van der Waals surface area contributed by atoms with Crippen LogP contribution in [0.4, 0.5) is 5.69 Å². The molecule has 3 heterocycles. The van der Waals surface area contributed by atoms with Crippen molar-refractivity contribution >= 4 is 34.5 Å². The number of aromatic nitrogens is 1. The molecule has 8 nitrogen and oxygen atoms in total. The second kappa shape index (κ2) is 10.6. The molecule has 39 heavy (non-hydrogen) atoms. The van der Waals surface area contributed by atoms with Crippen LogP contribution < -0.4 is 24.5 Å². The first-order valence-corrected chi connectivity index (χ1v) is 13.9. The Morgan fingerprint density at radius 1 is 1.13 bits per heavy atom. The van der Waals surface area contributed by atoms with Crippen molar-refractivity contribution in [3.8, 4) is 5.75 Å². The minimum Gasteiger partial charge on any atom is -0.497 e. The number of fused-ring (bicyclic) bond motifs is 2. The summed E-state index contributed by atoms with van der Waals surface area (Å²) in [7, 11) is 1.56. The average molecular weight is 546 g/mol. The Hall–Kier alpha value is -3.98. The molecule has 2 aromatic carbocycles. The highest BCUT2D eigenvalue weighted by molar-refractivity contribution is 7.07. The number of esters is 1. The van der Waals surface area contributed by atoms with E-state index in [9.17, 15) is 14.4 Å². The number of hydrogen-bond acceptors (Lipinski definition) is 7. The monoisotopic (exact) mass is 545 g/mol. The topological polar surface area (TPSA) is 90.2 Å². The summed E-state index contributed by atoms with van der Waals surface area (Å²) in [5.74, 6) is -0.136. The van der Waals surface area contributed by atoms with Crippen molar-refractivity contribution in [1.29, 1.82) is 0 Å². The summed E-state index contributed by atoms with van der Waals surface area (Å²) < 4.78 is 12.8. The molecule has 9 heteroatoms. The third kappa shape index (κ3) is 4.61. The molecule has 5 rings (SSSR count). The van der Waals surface area contributed by atoms with E-state index in [4.69, 9.17) is 9.47 Å². The minimum atomic E-state index is -0.792. The summed E-state index contributed by atoms with van der Waals surface area (Å²) >= 11 is 1.17. The largest absolute Gasteiger partial charge is 0.497 e. The lowest BCUT2D eigenvalue weighted by Gasteiger charge is -2.25. The summed E-state index contributed by atoms with van der Waals surface area (Å²) in [6.45, 7) is 7.95. The van der Waals surface area contributed by atoms with Gasteiger partial charge in [-0.3, -0.25) is 14.2 Å². The summed E-state index contributed by atoms with van der Waals surface area (Å²) in [4.78, 5) is 48.2. The molecule has 2 aliphatic heterocycles. The molecule has 2 aliphatic rings. The minimum absolute atomic E-state index is 0.192. The van der Waals surface area contributed by atoms with Crippen molar-refractivity contribution in [2.45, 2.75) is 52.7 Å². The number of carbonyl (C=O) groups excluding carboxylic acids is 2. The number of hydrogen-bond donors (Lipinski definition) is 0. The lowest BCUT2D eigenvalue weighted by atomic mass is 9.95. The Kier molecular flexibility index (Phi) is 7.27. The van der Waals surface area contributed by atoms with E-state index in [0.29, 0.717) is 38.5 Å². The second-order valence-electron chi connectivity index (χ2n) is 9.84. The van der Waals surface area contributed by atoms with Crippen molar-refractivity contribution in [1.82, 2.24) is 4.57 Å². The summed E-state index contributed by atoms with van der Waals surface area (Å²) in [5.41, 5.74) is 2.97. The third-order valence-corrected chi connectivity index (χ3v) is 7.91. The van der Waals surface area contributed by atoms with Gasteiger partial charge in [-0.05, 0) is 51.0 Å². The highest BCUT2D eigenvalue weighted by atomic mass is 32.1. The Morgan fingerprint density at radius 2 is 1.90 bits per heavy atom. The van der Waals surface area contributed by atoms with Gasteiger partial charge in [-0.25, -0.2) is 9.79 Å². The maximum atomic E-state index is 14.2. The molecule has 1 atom stereocenters. The number of para-hydroxylation sites is 1. The molecule has 0 fully saturated rings. The summed E-state index contributed by atoms with van der Waals surface area (Å²) in [6.07, 6.45) is 1.45. The number of amides is 1. The molecule has 0 radical (unpaired) electrons. The lowest BCUT2D eigenvalue weighted by Crippen LogP contribution is -2.41. The van der Waals surface area contributed by atoms with Gasteiger partial charge in [0.1, 0.15) is 10.3 Å². The Morgan fingerprint density at radius 3 is 2.62 bits per heavy atom. The molecule has 0 aliphatic carbocycles. The van der Waals surface area contributed by atoms with Crippen LogP contribution in [0.15, 0.2) is 69.6 Å². The fourth-order valence-corrected chi connectivity index (χ4v) is 6.21. The van der Waals surface area contributed by atoms with Gasteiger partial charge in [0.05, 0.1) is 41.8 Å². The average Bonchev–Trinajstić information content (AvgIpc) is 3.38. The number of methoxy groups -OCH3 is 1. The predicted octanol–water partition coefficient (Wildman–Crippen LogP) is 3.71. The van der Waals surface area contributed by atoms with Crippen LogP contribution in [0.25, 0.3) is 5.57 Å². The number of unbranched alkanes of at least 4 members (excludes halogenated alkanes) is 1. The Balaban J connectivity index is 1.78. The van der Waals surface area contributed by atoms with Gasteiger partial charge < -0.3 is 14.4 Å². The van der Waals surface area contributed by atoms with Crippen molar-refractivity contribution < 1.29 is 19.1 Å². The number of allylic oxidation sites excluding steroid dienone is 1. The van der Waals surface area contributed by atoms with Gasteiger partial charge >= 0.3 is 5.97 Å². The molecule has 3 aromatic rings. The molecule has 0 spiro atoms. The molecule has 0 saturated heterocycles. The fraction of sp³-hybridized carbons (Fsp3) is 0.333. The van der Waals surface area contributed by atoms with Gasteiger partial charge in [-0.1, -0.05) is 55.0 Å².